The van der Waals surface area contributed by atoms with Gasteiger partial charge in [0.25, 0.3) is 0 Å². The van der Waals surface area contributed by atoms with Crippen LogP contribution in [0.1, 0.15) is 57.8 Å². The van der Waals surface area contributed by atoms with Crippen LogP contribution in [0.3, 0.4) is 0 Å². The lowest BCUT2D eigenvalue weighted by Gasteiger charge is -2.37. The summed E-state index contributed by atoms with van der Waals surface area (Å²) in [6.07, 6.45) is 11.3. The molecule has 2 aromatic rings. The highest BCUT2D eigenvalue weighted by atomic mass is 32.1. The highest BCUT2D eigenvalue weighted by Crippen LogP contribution is 2.26. The summed E-state index contributed by atoms with van der Waals surface area (Å²) in [6, 6.07) is 13.3. The van der Waals surface area contributed by atoms with Crippen LogP contribution in [0.25, 0.3) is 0 Å². The number of nitrogens with zero attached hydrogens (tertiary/aromatic N) is 5. The van der Waals surface area contributed by atoms with Gasteiger partial charge in [-0.15, -0.1) is 0 Å². The Hall–Kier alpha value is -2.61. The molecule has 1 aromatic heterocycles. The first kappa shape index (κ1) is 24.1. The fourth-order valence-electron chi connectivity index (χ4n) is 5.50. The van der Waals surface area contributed by atoms with Gasteiger partial charge in [0.1, 0.15) is 11.6 Å². The number of piperazine rings is 1. The van der Waals surface area contributed by atoms with Crippen LogP contribution in [0.2, 0.25) is 0 Å². The SMILES string of the molecule is S=C(Nc1nc(N2CCCCC2)cc(N2CCN(c3ccccc3)CC2)n1)NC1CCCCCC1. The third kappa shape index (κ3) is 6.54. The minimum Gasteiger partial charge on any atom is -0.368 e. The van der Waals surface area contributed by atoms with Gasteiger partial charge in [0.05, 0.1) is 0 Å². The Kier molecular flexibility index (Phi) is 8.18. The molecular formula is C27H39N7S. The molecule has 35 heavy (non-hydrogen) atoms. The van der Waals surface area contributed by atoms with E-state index in [1.165, 1.54) is 63.5 Å². The summed E-state index contributed by atoms with van der Waals surface area (Å²) in [7, 11) is 0. The minimum absolute atomic E-state index is 0.452. The summed E-state index contributed by atoms with van der Waals surface area (Å²) >= 11 is 5.69. The molecule has 0 atom stereocenters. The predicted octanol–water partition coefficient (Wildman–Crippen LogP) is 4.80. The second-order valence-corrected chi connectivity index (χ2v) is 10.5. The molecule has 8 heteroatoms. The quantitative estimate of drug-likeness (QED) is 0.455. The Labute approximate surface area is 215 Å². The van der Waals surface area contributed by atoms with E-state index in [2.05, 4.69) is 61.7 Å². The van der Waals surface area contributed by atoms with Crippen molar-refractivity contribution in [2.75, 3.05) is 59.3 Å². The van der Waals surface area contributed by atoms with Crippen molar-refractivity contribution in [3.8, 4) is 0 Å². The summed E-state index contributed by atoms with van der Waals surface area (Å²) in [4.78, 5) is 17.1. The predicted molar refractivity (Wildman–Crippen MR) is 150 cm³/mol. The maximum absolute atomic E-state index is 5.69. The second-order valence-electron chi connectivity index (χ2n) is 10.1. The van der Waals surface area contributed by atoms with Gasteiger partial charge >= 0.3 is 0 Å². The molecule has 0 amide bonds. The van der Waals surface area contributed by atoms with Crippen LogP contribution >= 0.6 is 12.2 Å². The van der Waals surface area contributed by atoms with E-state index in [1.54, 1.807) is 0 Å². The number of hydrogen-bond donors (Lipinski definition) is 2. The molecular weight excluding hydrogens is 454 g/mol. The highest BCUT2D eigenvalue weighted by Gasteiger charge is 2.22. The van der Waals surface area contributed by atoms with Gasteiger partial charge in [0.15, 0.2) is 5.11 Å². The topological polar surface area (TPSA) is 59.6 Å². The molecule has 2 N–H and O–H groups in total. The maximum Gasteiger partial charge on any atom is 0.232 e. The number of para-hydroxylation sites is 1. The summed E-state index contributed by atoms with van der Waals surface area (Å²) < 4.78 is 0. The average molecular weight is 494 g/mol. The molecule has 1 saturated carbocycles. The lowest BCUT2D eigenvalue weighted by Crippen LogP contribution is -2.47. The Bertz CT molecular complexity index is 947. The summed E-state index contributed by atoms with van der Waals surface area (Å²) in [5.41, 5.74) is 1.29. The molecule has 1 aromatic carbocycles. The first-order valence-electron chi connectivity index (χ1n) is 13.5. The molecule has 0 radical (unpaired) electrons. The molecule has 0 bridgehead atoms. The Morgan fingerprint density at radius 1 is 0.714 bits per heavy atom. The number of benzene rings is 1. The summed E-state index contributed by atoms with van der Waals surface area (Å²) in [5.74, 6) is 2.62. The molecule has 0 unspecified atom stereocenters. The number of rotatable bonds is 5. The monoisotopic (exact) mass is 493 g/mol. The first-order valence-corrected chi connectivity index (χ1v) is 13.9. The molecule has 7 nitrogen and oxygen atoms in total. The standard InChI is InChI=1S/C27H39N7S/c35-27(28-22-11-5-1-2-6-12-22)31-26-29-24(33-15-9-4-10-16-33)21-25(30-26)34-19-17-32(18-20-34)23-13-7-3-8-14-23/h3,7-8,13-14,21-22H,1-2,4-6,9-12,15-20H2,(H2,28,29,30,31,35). The van der Waals surface area contributed by atoms with Crippen molar-refractivity contribution in [3.05, 3.63) is 36.4 Å². The van der Waals surface area contributed by atoms with Gasteiger partial charge in [-0.25, -0.2) is 0 Å². The zero-order valence-corrected chi connectivity index (χ0v) is 21.6. The van der Waals surface area contributed by atoms with Crippen molar-refractivity contribution in [2.45, 2.75) is 63.8 Å². The van der Waals surface area contributed by atoms with Gasteiger partial charge < -0.3 is 25.3 Å². The number of aromatic nitrogens is 2. The number of nitrogens with one attached hydrogen (secondary N) is 2. The number of piperidine rings is 1. The second kappa shape index (κ2) is 11.9. The highest BCUT2D eigenvalue weighted by molar-refractivity contribution is 7.80. The fourth-order valence-corrected chi connectivity index (χ4v) is 5.76. The van der Waals surface area contributed by atoms with Crippen LogP contribution in [0.4, 0.5) is 23.3 Å². The van der Waals surface area contributed by atoms with E-state index in [1.807, 2.05) is 0 Å². The molecule has 3 aliphatic rings. The van der Waals surface area contributed by atoms with Gasteiger partial charge in [-0.2, -0.15) is 9.97 Å². The number of thiocarbonyl (C=S) groups is 1. The van der Waals surface area contributed by atoms with Crippen LogP contribution in [-0.4, -0.2) is 60.4 Å². The molecule has 1 aliphatic carbocycles. The third-order valence-corrected chi connectivity index (χ3v) is 7.74. The Morgan fingerprint density at radius 2 is 1.29 bits per heavy atom. The van der Waals surface area contributed by atoms with Crippen molar-refractivity contribution >= 4 is 40.6 Å². The average Bonchev–Trinajstić information content (AvgIpc) is 3.18. The van der Waals surface area contributed by atoms with Crippen molar-refractivity contribution in [3.63, 3.8) is 0 Å². The normalized spacial score (nSPS) is 19.8. The smallest absolute Gasteiger partial charge is 0.232 e. The Morgan fingerprint density at radius 3 is 1.94 bits per heavy atom. The van der Waals surface area contributed by atoms with Crippen molar-refractivity contribution in [2.24, 2.45) is 0 Å². The molecule has 3 heterocycles. The number of hydrogen-bond acceptors (Lipinski definition) is 6. The van der Waals surface area contributed by atoms with E-state index in [9.17, 15) is 0 Å². The van der Waals surface area contributed by atoms with E-state index in [0.717, 1.165) is 50.9 Å². The van der Waals surface area contributed by atoms with Gasteiger partial charge in [-0.05, 0) is 56.5 Å². The molecule has 3 fully saturated rings. The van der Waals surface area contributed by atoms with Gasteiger partial charge in [0.2, 0.25) is 5.95 Å². The van der Waals surface area contributed by atoms with Gasteiger partial charge in [-0.1, -0.05) is 43.9 Å². The molecule has 5 rings (SSSR count). The van der Waals surface area contributed by atoms with Crippen LogP contribution in [0, 0.1) is 0 Å². The third-order valence-electron chi connectivity index (χ3n) is 7.52. The molecule has 2 aliphatic heterocycles. The zero-order chi connectivity index (χ0) is 23.9. The van der Waals surface area contributed by atoms with E-state index in [-0.39, 0.29) is 0 Å². The number of anilines is 4. The first-order chi connectivity index (χ1) is 17.2. The Balaban J connectivity index is 1.29. The van der Waals surface area contributed by atoms with Crippen molar-refractivity contribution < 1.29 is 0 Å². The molecule has 188 valence electrons. The van der Waals surface area contributed by atoms with Gasteiger partial charge in [0, 0.05) is 57.1 Å². The van der Waals surface area contributed by atoms with Crippen LogP contribution < -0.4 is 25.3 Å². The minimum atomic E-state index is 0.452. The van der Waals surface area contributed by atoms with Crippen LogP contribution in [0.5, 0.6) is 0 Å². The van der Waals surface area contributed by atoms with E-state index in [0.29, 0.717) is 17.1 Å². The van der Waals surface area contributed by atoms with E-state index < -0.39 is 0 Å². The van der Waals surface area contributed by atoms with Gasteiger partial charge in [-0.3, -0.25) is 0 Å². The fraction of sp³-hybridized carbons (Fsp3) is 0.593. The van der Waals surface area contributed by atoms with E-state index >= 15 is 0 Å². The lowest BCUT2D eigenvalue weighted by molar-refractivity contribution is 0.535. The molecule has 2 saturated heterocycles. The largest absolute Gasteiger partial charge is 0.368 e. The lowest BCUT2D eigenvalue weighted by atomic mass is 10.1. The van der Waals surface area contributed by atoms with Crippen molar-refractivity contribution in [1.29, 1.82) is 0 Å². The summed E-state index contributed by atoms with van der Waals surface area (Å²) in [5, 5.41) is 7.52. The van der Waals surface area contributed by atoms with Crippen molar-refractivity contribution in [1.82, 2.24) is 15.3 Å². The van der Waals surface area contributed by atoms with Crippen LogP contribution in [0.15, 0.2) is 36.4 Å². The molecule has 0 spiro atoms. The van der Waals surface area contributed by atoms with E-state index in [4.69, 9.17) is 22.2 Å². The summed E-state index contributed by atoms with van der Waals surface area (Å²) in [6.45, 7) is 5.96. The maximum atomic E-state index is 5.69. The van der Waals surface area contributed by atoms with Crippen LogP contribution in [-0.2, 0) is 0 Å². The zero-order valence-electron chi connectivity index (χ0n) is 20.8.